The summed E-state index contributed by atoms with van der Waals surface area (Å²) in [5.74, 6) is -3.60. The summed E-state index contributed by atoms with van der Waals surface area (Å²) in [5, 5.41) is 25.5. The monoisotopic (exact) mass is 406 g/mol. The topological polar surface area (TPSA) is 171 Å². The van der Waals surface area contributed by atoms with Gasteiger partial charge in [0.1, 0.15) is 24.2 Å². The van der Waals surface area contributed by atoms with Crippen LogP contribution < -0.4 is 21.7 Å². The maximum absolute atomic E-state index is 12.6. The molecule has 0 spiro atoms. The Hall–Kier alpha value is -1.85. The number of hydrogen-bond acceptors (Lipinski definition) is 7. The zero-order valence-electron chi connectivity index (χ0n) is 15.9. The van der Waals surface area contributed by atoms with E-state index in [-0.39, 0.29) is 11.7 Å². The van der Waals surface area contributed by atoms with Crippen LogP contribution >= 0.6 is 12.6 Å². The molecule has 10 nitrogen and oxygen atoms in total. The molecule has 0 aromatic heterocycles. The summed E-state index contributed by atoms with van der Waals surface area (Å²) in [6, 6.07) is -4.41. The second kappa shape index (κ2) is 11.8. The number of aliphatic hydroxyl groups excluding tert-OH is 1. The number of carbonyl (C=O) groups excluding carboxylic acids is 3. The lowest BCUT2D eigenvalue weighted by atomic mass is 9.97. The molecule has 0 fully saturated rings. The van der Waals surface area contributed by atoms with Gasteiger partial charge in [0.25, 0.3) is 0 Å². The van der Waals surface area contributed by atoms with E-state index < -0.39 is 54.0 Å². The first-order valence-electron chi connectivity index (χ1n) is 8.64. The Morgan fingerprint density at radius 3 is 1.96 bits per heavy atom. The van der Waals surface area contributed by atoms with Crippen LogP contribution in [0.5, 0.6) is 0 Å². The zero-order chi connectivity index (χ0) is 21.3. The van der Waals surface area contributed by atoms with E-state index in [2.05, 4.69) is 28.6 Å². The number of amides is 3. The molecule has 6 unspecified atom stereocenters. The Morgan fingerprint density at radius 2 is 1.56 bits per heavy atom. The molecule has 0 bridgehead atoms. The smallest absolute Gasteiger partial charge is 0.325 e. The highest BCUT2D eigenvalue weighted by Gasteiger charge is 2.32. The number of aliphatic carboxylic acids is 1. The minimum Gasteiger partial charge on any atom is -0.480 e. The van der Waals surface area contributed by atoms with Gasteiger partial charge in [-0.05, 0) is 19.8 Å². The predicted octanol–water partition coefficient (Wildman–Crippen LogP) is -1.77. The van der Waals surface area contributed by atoms with E-state index in [0.717, 1.165) is 0 Å². The van der Waals surface area contributed by atoms with Crippen LogP contribution in [0.1, 0.15) is 34.1 Å². The second-order valence-corrected chi connectivity index (χ2v) is 6.82. The minimum atomic E-state index is -1.22. The maximum Gasteiger partial charge on any atom is 0.325 e. The summed E-state index contributed by atoms with van der Waals surface area (Å²) < 4.78 is 0. The lowest BCUT2D eigenvalue weighted by Gasteiger charge is -2.27. The Morgan fingerprint density at radius 1 is 1.00 bits per heavy atom. The third-order valence-electron chi connectivity index (χ3n) is 4.16. The highest BCUT2D eigenvalue weighted by Crippen LogP contribution is 2.09. The molecule has 0 radical (unpaired) electrons. The number of thiol groups is 1. The largest absolute Gasteiger partial charge is 0.480 e. The van der Waals surface area contributed by atoms with Gasteiger partial charge in [0.05, 0.1) is 6.10 Å². The molecule has 0 rings (SSSR count). The fraction of sp³-hybridized carbons (Fsp3) is 0.750. The third-order valence-corrected chi connectivity index (χ3v) is 4.53. The molecule has 7 N–H and O–H groups in total. The second-order valence-electron chi connectivity index (χ2n) is 6.45. The van der Waals surface area contributed by atoms with E-state index in [0.29, 0.717) is 6.42 Å². The van der Waals surface area contributed by atoms with Crippen LogP contribution in [0.2, 0.25) is 0 Å². The first kappa shape index (κ1) is 25.1. The molecule has 3 amide bonds. The molecule has 0 saturated carbocycles. The number of aliphatic hydroxyl groups is 1. The van der Waals surface area contributed by atoms with Gasteiger partial charge in [0.2, 0.25) is 17.7 Å². The fourth-order valence-electron chi connectivity index (χ4n) is 2.00. The maximum atomic E-state index is 12.6. The van der Waals surface area contributed by atoms with Crippen LogP contribution in [-0.2, 0) is 19.2 Å². The first-order chi connectivity index (χ1) is 12.5. The molecular formula is C16H30N4O6S. The van der Waals surface area contributed by atoms with Gasteiger partial charge < -0.3 is 31.9 Å². The minimum absolute atomic E-state index is 0.0712. The highest BCUT2D eigenvalue weighted by molar-refractivity contribution is 7.80. The number of carboxylic acids is 1. The summed E-state index contributed by atoms with van der Waals surface area (Å²) in [7, 11) is 0. The van der Waals surface area contributed by atoms with Crippen LogP contribution in [0.3, 0.4) is 0 Å². The standard InChI is InChI=1S/C16H30N4O6S/c1-5-7(2)12(20-14(23)11(17)9(4)21)15(24)19-10(6-27)13(22)18-8(3)16(25)26/h7-12,21,27H,5-6,17H2,1-4H3,(H,18,22)(H,19,24)(H,20,23)(H,25,26). The Kier molecular flexibility index (Phi) is 11.0. The molecule has 27 heavy (non-hydrogen) atoms. The quantitative estimate of drug-likeness (QED) is 0.199. The van der Waals surface area contributed by atoms with Gasteiger partial charge in [-0.1, -0.05) is 20.3 Å². The van der Waals surface area contributed by atoms with Crippen LogP contribution in [0.15, 0.2) is 0 Å². The van der Waals surface area contributed by atoms with Crippen molar-refractivity contribution in [3.05, 3.63) is 0 Å². The molecule has 0 aliphatic rings. The zero-order valence-corrected chi connectivity index (χ0v) is 16.8. The molecule has 0 saturated heterocycles. The van der Waals surface area contributed by atoms with Crippen molar-refractivity contribution in [1.29, 1.82) is 0 Å². The van der Waals surface area contributed by atoms with E-state index in [1.165, 1.54) is 13.8 Å². The number of carbonyl (C=O) groups is 4. The van der Waals surface area contributed by atoms with Gasteiger partial charge in [-0.2, -0.15) is 12.6 Å². The van der Waals surface area contributed by atoms with Crippen LogP contribution in [0.4, 0.5) is 0 Å². The van der Waals surface area contributed by atoms with Crippen molar-refractivity contribution >= 4 is 36.3 Å². The van der Waals surface area contributed by atoms with Crippen LogP contribution in [-0.4, -0.2) is 69.9 Å². The molecule has 0 aliphatic heterocycles. The summed E-state index contributed by atoms with van der Waals surface area (Å²) in [4.78, 5) is 47.7. The van der Waals surface area contributed by atoms with Crippen LogP contribution in [0, 0.1) is 5.92 Å². The van der Waals surface area contributed by atoms with Gasteiger partial charge >= 0.3 is 5.97 Å². The lowest BCUT2D eigenvalue weighted by Crippen LogP contribution is -2.59. The summed E-state index contributed by atoms with van der Waals surface area (Å²) in [6.45, 7) is 6.20. The molecule has 6 atom stereocenters. The molecule has 0 aliphatic carbocycles. The molecular weight excluding hydrogens is 376 g/mol. The van der Waals surface area contributed by atoms with Crippen molar-refractivity contribution in [3.63, 3.8) is 0 Å². The third kappa shape index (κ3) is 8.14. The Labute approximate surface area is 164 Å². The first-order valence-corrected chi connectivity index (χ1v) is 9.27. The van der Waals surface area contributed by atoms with E-state index in [9.17, 15) is 24.3 Å². The number of nitrogens with one attached hydrogen (secondary N) is 3. The summed E-state index contributed by atoms with van der Waals surface area (Å²) in [6.07, 6.45) is -0.546. The fourth-order valence-corrected chi connectivity index (χ4v) is 2.26. The van der Waals surface area contributed by atoms with Crippen molar-refractivity contribution < 1.29 is 29.4 Å². The van der Waals surface area contributed by atoms with E-state index in [4.69, 9.17) is 10.8 Å². The number of rotatable bonds is 11. The number of nitrogens with two attached hydrogens (primary N) is 1. The summed E-state index contributed by atoms with van der Waals surface area (Å²) >= 11 is 4.01. The lowest BCUT2D eigenvalue weighted by molar-refractivity contribution is -0.141. The van der Waals surface area contributed by atoms with E-state index in [1.54, 1.807) is 6.92 Å². The molecule has 11 heteroatoms. The van der Waals surface area contributed by atoms with Crippen LogP contribution in [0.25, 0.3) is 0 Å². The Bertz CT molecular complexity index is 545. The van der Waals surface area contributed by atoms with Crippen molar-refractivity contribution in [2.75, 3.05) is 5.75 Å². The van der Waals surface area contributed by atoms with Gasteiger partial charge in [-0.15, -0.1) is 0 Å². The normalized spacial score (nSPS) is 17.6. The van der Waals surface area contributed by atoms with E-state index >= 15 is 0 Å². The van der Waals surface area contributed by atoms with Crippen molar-refractivity contribution in [2.45, 2.75) is 64.4 Å². The predicted molar refractivity (Wildman–Crippen MR) is 102 cm³/mol. The molecule has 0 aromatic rings. The van der Waals surface area contributed by atoms with Crippen molar-refractivity contribution in [1.82, 2.24) is 16.0 Å². The van der Waals surface area contributed by atoms with Gasteiger partial charge in [0.15, 0.2) is 0 Å². The Balaban J connectivity index is 5.18. The summed E-state index contributed by atoms with van der Waals surface area (Å²) in [5.41, 5.74) is 5.58. The average molecular weight is 407 g/mol. The van der Waals surface area contributed by atoms with Crippen molar-refractivity contribution in [3.8, 4) is 0 Å². The average Bonchev–Trinajstić information content (AvgIpc) is 2.61. The van der Waals surface area contributed by atoms with Gasteiger partial charge in [-0.3, -0.25) is 19.2 Å². The SMILES string of the molecule is CCC(C)C(NC(=O)C(N)C(C)O)C(=O)NC(CS)C(=O)NC(C)C(=O)O. The van der Waals surface area contributed by atoms with Gasteiger partial charge in [-0.25, -0.2) is 0 Å². The van der Waals surface area contributed by atoms with E-state index in [1.807, 2.05) is 6.92 Å². The number of carboxylic acid groups (broad SMARTS) is 1. The van der Waals surface area contributed by atoms with Gasteiger partial charge in [0, 0.05) is 5.75 Å². The highest BCUT2D eigenvalue weighted by atomic mass is 32.1. The molecule has 156 valence electrons. The van der Waals surface area contributed by atoms with Crippen molar-refractivity contribution in [2.24, 2.45) is 11.7 Å². The molecule has 0 aromatic carbocycles. The number of hydrogen-bond donors (Lipinski definition) is 7. The molecule has 0 heterocycles.